The van der Waals surface area contributed by atoms with Gasteiger partial charge in [-0.15, -0.1) is 0 Å². The van der Waals surface area contributed by atoms with Gasteiger partial charge in [0.1, 0.15) is 0 Å². The lowest BCUT2D eigenvalue weighted by molar-refractivity contribution is 0.315. The van der Waals surface area contributed by atoms with Gasteiger partial charge in [0.2, 0.25) is 0 Å². The first-order valence-electron chi connectivity index (χ1n) is 8.20. The average molecular weight is 358 g/mol. The first-order valence-corrected chi connectivity index (χ1v) is 10.7. The second-order valence-electron chi connectivity index (χ2n) is 5.99. The van der Waals surface area contributed by atoms with Crippen LogP contribution in [0.4, 0.5) is 0 Å². The Morgan fingerprint density at radius 1 is 0.833 bits per heavy atom. The molecule has 0 amide bonds. The minimum absolute atomic E-state index is 0.459. The molecule has 24 heavy (non-hydrogen) atoms. The monoisotopic (exact) mass is 358 g/mol. The highest BCUT2D eigenvalue weighted by atomic mass is 31.2. The van der Waals surface area contributed by atoms with Gasteiger partial charge >= 0.3 is 0 Å². The van der Waals surface area contributed by atoms with Crippen molar-refractivity contribution in [2.24, 2.45) is 0 Å². The van der Waals surface area contributed by atoms with Crippen LogP contribution in [0.15, 0.2) is 60.7 Å². The molecule has 0 bridgehead atoms. The molecule has 2 radical (unpaired) electrons. The van der Waals surface area contributed by atoms with Crippen molar-refractivity contribution in [1.29, 1.82) is 0 Å². The van der Waals surface area contributed by atoms with Crippen molar-refractivity contribution in [2.75, 3.05) is 34.8 Å². The Labute approximate surface area is 150 Å². The Morgan fingerprint density at radius 3 is 1.71 bits per heavy atom. The third kappa shape index (κ3) is 5.80. The van der Waals surface area contributed by atoms with Crippen molar-refractivity contribution in [3.63, 3.8) is 0 Å². The topological polar surface area (TPSA) is 15.7 Å². The maximum atomic E-state index is 6.11. The van der Waals surface area contributed by atoms with E-state index in [0.29, 0.717) is 5.54 Å². The molecule has 0 aliphatic heterocycles. The maximum absolute atomic E-state index is 6.11. The second-order valence-corrected chi connectivity index (χ2v) is 9.84. The third-order valence-corrected chi connectivity index (χ3v) is 6.96. The highest BCUT2D eigenvalue weighted by molar-refractivity contribution is 7.47. The third-order valence-electron chi connectivity index (χ3n) is 3.61. The Hall–Kier alpha value is -1.03. The van der Waals surface area contributed by atoms with Crippen LogP contribution in [0.3, 0.4) is 0 Å². The van der Waals surface area contributed by atoms with Crippen LogP contribution >= 0.6 is 8.45 Å². The minimum atomic E-state index is -0.647. The molecule has 0 N–H and O–H groups in total. The molecule has 0 atom stereocenters. The van der Waals surface area contributed by atoms with E-state index in [1.54, 1.807) is 0 Å². The Bertz CT molecular complexity index is 533. The number of benzene rings is 2. The second kappa shape index (κ2) is 10.1. The molecule has 0 aliphatic rings. The van der Waals surface area contributed by atoms with Gasteiger partial charge in [0.25, 0.3) is 0 Å². The molecule has 128 valence electrons. The van der Waals surface area contributed by atoms with E-state index in [1.807, 2.05) is 0 Å². The Balaban J connectivity index is 1.97. The van der Waals surface area contributed by atoms with E-state index in [1.165, 1.54) is 11.1 Å². The van der Waals surface area contributed by atoms with Gasteiger partial charge < -0.3 is 4.52 Å². The van der Waals surface area contributed by atoms with Crippen LogP contribution in [0.25, 0.3) is 0 Å². The molecule has 5 heteroatoms. The zero-order chi connectivity index (χ0) is 17.4. The minimum Gasteiger partial charge on any atom is -0.332 e. The standard InChI is InChI=1S/C19H27N2OPSi/c1-20(2)23(21(3)4)22-15-16-24-19(17-11-7-5-8-12-17)18-13-9-6-10-14-18/h5-14,19H,15-16H2,1-4H3. The van der Waals surface area contributed by atoms with Crippen LogP contribution in [0, 0.1) is 0 Å². The largest absolute Gasteiger partial charge is 0.332 e. The van der Waals surface area contributed by atoms with Crippen molar-refractivity contribution >= 4 is 18.0 Å². The maximum Gasteiger partial charge on any atom is 0.186 e. The summed E-state index contributed by atoms with van der Waals surface area (Å²) in [7, 11) is 8.46. The van der Waals surface area contributed by atoms with E-state index in [9.17, 15) is 0 Å². The first-order chi connectivity index (χ1) is 11.6. The summed E-state index contributed by atoms with van der Waals surface area (Å²) < 4.78 is 10.4. The smallest absolute Gasteiger partial charge is 0.186 e. The molecule has 3 nitrogen and oxygen atoms in total. The lowest BCUT2D eigenvalue weighted by atomic mass is 10.0. The van der Waals surface area contributed by atoms with Crippen molar-refractivity contribution in [1.82, 2.24) is 9.34 Å². The van der Waals surface area contributed by atoms with E-state index < -0.39 is 8.45 Å². The van der Waals surface area contributed by atoms with Crippen molar-refractivity contribution < 1.29 is 4.52 Å². The lowest BCUT2D eigenvalue weighted by Crippen LogP contribution is -2.19. The Morgan fingerprint density at radius 2 is 1.29 bits per heavy atom. The number of hydrogen-bond donors (Lipinski definition) is 0. The summed E-state index contributed by atoms with van der Waals surface area (Å²) in [4.78, 5) is 0. The number of nitrogens with zero attached hydrogens (tertiary/aromatic N) is 2. The van der Waals surface area contributed by atoms with Crippen LogP contribution < -0.4 is 0 Å². The first kappa shape index (κ1) is 19.3. The van der Waals surface area contributed by atoms with Crippen LogP contribution in [-0.2, 0) is 4.52 Å². The average Bonchev–Trinajstić information content (AvgIpc) is 2.59. The number of rotatable bonds is 9. The zero-order valence-corrected chi connectivity index (χ0v) is 16.9. The van der Waals surface area contributed by atoms with E-state index in [-0.39, 0.29) is 0 Å². The molecule has 0 aliphatic carbocycles. The lowest BCUT2D eigenvalue weighted by Gasteiger charge is -2.28. The van der Waals surface area contributed by atoms with Gasteiger partial charge in [-0.25, -0.2) is 0 Å². The fraction of sp³-hybridized carbons (Fsp3) is 0.368. The van der Waals surface area contributed by atoms with Crippen LogP contribution in [0.1, 0.15) is 16.7 Å². The molecule has 0 fully saturated rings. The van der Waals surface area contributed by atoms with Crippen LogP contribution in [0.5, 0.6) is 0 Å². The molecular weight excluding hydrogens is 331 g/mol. The SMILES string of the molecule is CN(C)P(OCC[Si]C(c1ccccc1)c1ccccc1)N(C)C. The van der Waals surface area contributed by atoms with Gasteiger partial charge in [0, 0.05) is 0 Å². The van der Waals surface area contributed by atoms with Crippen LogP contribution in [-0.4, -0.2) is 53.7 Å². The molecule has 0 heterocycles. The van der Waals surface area contributed by atoms with Gasteiger partial charge in [-0.3, -0.25) is 9.34 Å². The summed E-state index contributed by atoms with van der Waals surface area (Å²) in [6, 6.07) is 22.7. The summed E-state index contributed by atoms with van der Waals surface area (Å²) in [6.45, 7) is 0.802. The van der Waals surface area contributed by atoms with E-state index in [0.717, 1.165) is 22.2 Å². The van der Waals surface area contributed by atoms with Gasteiger partial charge in [-0.2, -0.15) is 0 Å². The summed E-state index contributed by atoms with van der Waals surface area (Å²) in [5, 5.41) is 0. The van der Waals surface area contributed by atoms with E-state index in [2.05, 4.69) is 98.2 Å². The fourth-order valence-corrected chi connectivity index (χ4v) is 5.61. The normalized spacial score (nSPS) is 11.8. The van der Waals surface area contributed by atoms with Gasteiger partial charge in [-0.05, 0) is 50.9 Å². The van der Waals surface area contributed by atoms with Crippen molar-refractivity contribution in [3.8, 4) is 0 Å². The molecule has 0 saturated carbocycles. The summed E-state index contributed by atoms with van der Waals surface area (Å²) >= 11 is 0. The molecule has 2 aromatic carbocycles. The predicted octanol–water partition coefficient (Wildman–Crippen LogP) is 4.27. The molecule has 0 unspecified atom stereocenters. The van der Waals surface area contributed by atoms with E-state index >= 15 is 0 Å². The molecular formula is C19H27N2OPSi. The van der Waals surface area contributed by atoms with Gasteiger partial charge in [0.05, 0.1) is 16.1 Å². The molecule has 2 aromatic rings. The molecule has 0 aromatic heterocycles. The van der Waals surface area contributed by atoms with Gasteiger partial charge in [-0.1, -0.05) is 60.7 Å². The quantitative estimate of drug-likeness (QED) is 0.378. The number of hydrogen-bond acceptors (Lipinski definition) is 3. The fourth-order valence-electron chi connectivity index (χ4n) is 2.64. The van der Waals surface area contributed by atoms with E-state index in [4.69, 9.17) is 4.52 Å². The van der Waals surface area contributed by atoms with Crippen LogP contribution in [0.2, 0.25) is 6.04 Å². The summed E-state index contributed by atoms with van der Waals surface area (Å²) in [6.07, 6.45) is 0. The molecule has 0 saturated heterocycles. The molecule has 0 spiro atoms. The Kier molecular flexibility index (Phi) is 8.10. The summed E-state index contributed by atoms with van der Waals surface area (Å²) in [5.41, 5.74) is 3.25. The predicted molar refractivity (Wildman–Crippen MR) is 106 cm³/mol. The van der Waals surface area contributed by atoms with Crippen molar-refractivity contribution in [3.05, 3.63) is 71.8 Å². The summed E-state index contributed by atoms with van der Waals surface area (Å²) in [5.74, 6) is 0. The molecule has 2 rings (SSSR count). The van der Waals surface area contributed by atoms with Gasteiger partial charge in [0.15, 0.2) is 8.45 Å². The zero-order valence-electron chi connectivity index (χ0n) is 15.0. The highest BCUT2D eigenvalue weighted by Crippen LogP contribution is 2.40. The highest BCUT2D eigenvalue weighted by Gasteiger charge is 2.17. The van der Waals surface area contributed by atoms with Crippen molar-refractivity contribution in [2.45, 2.75) is 11.6 Å².